The molecule has 2 aliphatic heterocycles. The van der Waals surface area contributed by atoms with Crippen LogP contribution in [0.5, 0.6) is 0 Å². The van der Waals surface area contributed by atoms with Crippen molar-refractivity contribution in [3.63, 3.8) is 0 Å². The number of piperidine rings is 1. The molecule has 0 bridgehead atoms. The van der Waals surface area contributed by atoms with E-state index in [1.165, 1.54) is 0 Å². The Labute approximate surface area is 152 Å². The maximum atomic E-state index is 12.7. The second-order valence-electron chi connectivity index (χ2n) is 7.10. The van der Waals surface area contributed by atoms with Crippen LogP contribution in [0.1, 0.15) is 29.0 Å². The van der Waals surface area contributed by atoms with Gasteiger partial charge in [0, 0.05) is 32.6 Å². The molecule has 3 heterocycles. The average Bonchev–Trinajstić information content (AvgIpc) is 3.04. The molecule has 0 spiro atoms. The van der Waals surface area contributed by atoms with Crippen molar-refractivity contribution in [1.82, 2.24) is 30.2 Å². The van der Waals surface area contributed by atoms with E-state index in [-0.39, 0.29) is 23.6 Å². The minimum absolute atomic E-state index is 0.00990. The van der Waals surface area contributed by atoms with E-state index in [1.54, 1.807) is 15.6 Å². The van der Waals surface area contributed by atoms with Crippen LogP contribution in [-0.2, 0) is 22.7 Å². The first-order valence-electron chi connectivity index (χ1n) is 8.99. The van der Waals surface area contributed by atoms with Crippen molar-refractivity contribution < 1.29 is 14.4 Å². The fourth-order valence-electron chi connectivity index (χ4n) is 3.25. The van der Waals surface area contributed by atoms with Crippen LogP contribution in [0, 0.1) is 5.92 Å². The fourth-order valence-corrected chi connectivity index (χ4v) is 3.25. The Hall–Kier alpha value is -2.42. The smallest absolute Gasteiger partial charge is 0.271 e. The van der Waals surface area contributed by atoms with Gasteiger partial charge in [-0.3, -0.25) is 19.1 Å². The highest BCUT2D eigenvalue weighted by Gasteiger charge is 2.31. The molecular weight excluding hydrogens is 336 g/mol. The van der Waals surface area contributed by atoms with E-state index < -0.39 is 0 Å². The number of amides is 3. The molecule has 1 aromatic rings. The lowest BCUT2D eigenvalue weighted by Crippen LogP contribution is -2.47. The van der Waals surface area contributed by atoms with Gasteiger partial charge in [-0.15, -0.1) is 0 Å². The van der Waals surface area contributed by atoms with Crippen molar-refractivity contribution in [2.24, 2.45) is 5.92 Å². The van der Waals surface area contributed by atoms with Crippen molar-refractivity contribution >= 4 is 17.7 Å². The largest absolute Gasteiger partial charge is 0.355 e. The Morgan fingerprint density at radius 1 is 1.38 bits per heavy atom. The van der Waals surface area contributed by atoms with Gasteiger partial charge in [0.1, 0.15) is 0 Å². The van der Waals surface area contributed by atoms with Crippen molar-refractivity contribution in [2.45, 2.75) is 25.9 Å². The average molecular weight is 362 g/mol. The van der Waals surface area contributed by atoms with Gasteiger partial charge in [0.2, 0.25) is 11.8 Å². The normalized spacial score (nSPS) is 19.9. The molecule has 2 N–H and O–H groups in total. The van der Waals surface area contributed by atoms with E-state index in [4.69, 9.17) is 0 Å². The zero-order chi connectivity index (χ0) is 18.7. The highest BCUT2D eigenvalue weighted by atomic mass is 16.2. The topological polar surface area (TPSA) is 99.6 Å². The Bertz CT molecular complexity index is 689. The minimum Gasteiger partial charge on any atom is -0.355 e. The number of nitrogens with zero attached hydrogens (tertiary/aromatic N) is 4. The van der Waals surface area contributed by atoms with Gasteiger partial charge in [-0.25, -0.2) is 0 Å². The van der Waals surface area contributed by atoms with Crippen LogP contribution in [0.2, 0.25) is 0 Å². The van der Waals surface area contributed by atoms with E-state index in [0.29, 0.717) is 51.3 Å². The Kier molecular flexibility index (Phi) is 5.55. The standard InChI is InChI=1S/C17H26N6O3/c1-21(2)6-5-18-16(25)14-9-13-11-22(7-8-23(13)20-14)17(26)12-3-4-15(24)19-10-12/h9,12H,3-8,10-11H2,1-2H3,(H,18,25)(H,19,24). The lowest BCUT2D eigenvalue weighted by molar-refractivity contribution is -0.138. The predicted molar refractivity (Wildman–Crippen MR) is 94.3 cm³/mol. The van der Waals surface area contributed by atoms with Crippen molar-refractivity contribution in [3.05, 3.63) is 17.5 Å². The number of hydrogen-bond donors (Lipinski definition) is 2. The molecule has 1 saturated heterocycles. The van der Waals surface area contributed by atoms with Crippen molar-refractivity contribution in [3.8, 4) is 0 Å². The number of rotatable bonds is 5. The molecule has 0 aliphatic carbocycles. The molecule has 0 saturated carbocycles. The zero-order valence-electron chi connectivity index (χ0n) is 15.3. The van der Waals surface area contributed by atoms with Gasteiger partial charge >= 0.3 is 0 Å². The van der Waals surface area contributed by atoms with Crippen LogP contribution in [0.25, 0.3) is 0 Å². The fraction of sp³-hybridized carbons (Fsp3) is 0.647. The third-order valence-corrected chi connectivity index (χ3v) is 4.80. The molecule has 3 amide bonds. The van der Waals surface area contributed by atoms with Gasteiger partial charge in [0.25, 0.3) is 5.91 Å². The third kappa shape index (κ3) is 4.21. The highest BCUT2D eigenvalue weighted by molar-refractivity contribution is 5.92. The Balaban J connectivity index is 1.58. The summed E-state index contributed by atoms with van der Waals surface area (Å²) in [5.74, 6) is -0.275. The quantitative estimate of drug-likeness (QED) is 0.703. The molecule has 1 unspecified atom stereocenters. The number of aromatic nitrogens is 2. The van der Waals surface area contributed by atoms with Crippen LogP contribution in [0.15, 0.2) is 6.07 Å². The van der Waals surface area contributed by atoms with E-state index in [9.17, 15) is 14.4 Å². The molecule has 9 nitrogen and oxygen atoms in total. The van der Waals surface area contributed by atoms with Gasteiger partial charge in [-0.1, -0.05) is 0 Å². The van der Waals surface area contributed by atoms with E-state index in [1.807, 2.05) is 19.0 Å². The molecule has 3 rings (SSSR count). The maximum Gasteiger partial charge on any atom is 0.271 e. The summed E-state index contributed by atoms with van der Waals surface area (Å²) in [6.07, 6.45) is 0.999. The first kappa shape index (κ1) is 18.4. The molecule has 26 heavy (non-hydrogen) atoms. The number of carbonyl (C=O) groups excluding carboxylic acids is 3. The maximum absolute atomic E-state index is 12.7. The summed E-state index contributed by atoms with van der Waals surface area (Å²) in [5.41, 5.74) is 1.25. The Morgan fingerprint density at radius 3 is 2.88 bits per heavy atom. The number of carbonyl (C=O) groups is 3. The molecular formula is C17H26N6O3. The lowest BCUT2D eigenvalue weighted by atomic mass is 9.97. The predicted octanol–water partition coefficient (Wildman–Crippen LogP) is -0.957. The van der Waals surface area contributed by atoms with Crippen LogP contribution < -0.4 is 10.6 Å². The van der Waals surface area contributed by atoms with Crippen molar-refractivity contribution in [1.29, 1.82) is 0 Å². The van der Waals surface area contributed by atoms with Crippen molar-refractivity contribution in [2.75, 3.05) is 40.3 Å². The molecule has 1 fully saturated rings. The molecule has 142 valence electrons. The summed E-state index contributed by atoms with van der Waals surface area (Å²) < 4.78 is 1.80. The summed E-state index contributed by atoms with van der Waals surface area (Å²) in [7, 11) is 3.90. The first-order chi connectivity index (χ1) is 12.4. The van der Waals surface area contributed by atoms with Crippen LogP contribution >= 0.6 is 0 Å². The zero-order valence-corrected chi connectivity index (χ0v) is 15.3. The molecule has 0 radical (unpaired) electrons. The molecule has 9 heteroatoms. The lowest BCUT2D eigenvalue weighted by Gasteiger charge is -2.32. The van der Waals surface area contributed by atoms with Gasteiger partial charge in [0.05, 0.1) is 24.7 Å². The number of hydrogen-bond acceptors (Lipinski definition) is 5. The second kappa shape index (κ2) is 7.86. The second-order valence-corrected chi connectivity index (χ2v) is 7.10. The molecule has 2 aliphatic rings. The SMILES string of the molecule is CN(C)CCNC(=O)c1cc2n(n1)CCN(C(=O)C1CCC(=O)NC1)C2. The van der Waals surface area contributed by atoms with Crippen LogP contribution in [0.4, 0.5) is 0 Å². The van der Waals surface area contributed by atoms with Crippen LogP contribution in [-0.4, -0.2) is 77.6 Å². The van der Waals surface area contributed by atoms with E-state index >= 15 is 0 Å². The Morgan fingerprint density at radius 2 is 2.19 bits per heavy atom. The number of nitrogens with one attached hydrogen (secondary N) is 2. The summed E-state index contributed by atoms with van der Waals surface area (Å²) >= 11 is 0. The van der Waals surface area contributed by atoms with Gasteiger partial charge in [-0.2, -0.15) is 5.10 Å². The molecule has 0 aromatic carbocycles. The number of likely N-dealkylation sites (N-methyl/N-ethyl adjacent to an activating group) is 1. The summed E-state index contributed by atoms with van der Waals surface area (Å²) in [5, 5.41) is 9.97. The first-order valence-corrected chi connectivity index (χ1v) is 8.99. The summed E-state index contributed by atoms with van der Waals surface area (Å²) in [6, 6.07) is 1.76. The monoisotopic (exact) mass is 362 g/mol. The summed E-state index contributed by atoms with van der Waals surface area (Å²) in [4.78, 5) is 39.9. The highest BCUT2D eigenvalue weighted by Crippen LogP contribution is 2.19. The molecule has 1 aromatic heterocycles. The summed E-state index contributed by atoms with van der Waals surface area (Å²) in [6.45, 7) is 3.32. The molecule has 1 atom stereocenters. The number of fused-ring (bicyclic) bond motifs is 1. The minimum atomic E-state index is -0.193. The van der Waals surface area contributed by atoms with E-state index in [0.717, 1.165) is 12.2 Å². The van der Waals surface area contributed by atoms with Gasteiger partial charge in [-0.05, 0) is 26.6 Å². The third-order valence-electron chi connectivity index (χ3n) is 4.80. The van der Waals surface area contributed by atoms with Crippen LogP contribution in [0.3, 0.4) is 0 Å². The van der Waals surface area contributed by atoms with Gasteiger partial charge in [0.15, 0.2) is 5.69 Å². The van der Waals surface area contributed by atoms with Gasteiger partial charge < -0.3 is 20.4 Å². The van der Waals surface area contributed by atoms with E-state index in [2.05, 4.69) is 15.7 Å².